The molecule has 1 saturated heterocycles. The lowest BCUT2D eigenvalue weighted by Crippen LogP contribution is -2.49. The molecular weight excluding hydrogens is 228 g/mol. The molecule has 2 amide bonds. The molecule has 18 heavy (non-hydrogen) atoms. The Balaban J connectivity index is 2.00. The van der Waals surface area contributed by atoms with Crippen molar-refractivity contribution in [2.45, 2.75) is 6.92 Å². The lowest BCUT2D eigenvalue weighted by atomic mass is 10.1. The molecule has 0 spiro atoms. The fourth-order valence-corrected chi connectivity index (χ4v) is 1.87. The molecule has 1 aliphatic heterocycles. The number of carbonyl (C=O) groups excluding carboxylic acids is 2. The van der Waals surface area contributed by atoms with Crippen LogP contribution < -0.4 is 5.32 Å². The van der Waals surface area contributed by atoms with E-state index >= 15 is 0 Å². The van der Waals surface area contributed by atoms with Crippen molar-refractivity contribution in [3.8, 4) is 0 Å². The van der Waals surface area contributed by atoms with Crippen LogP contribution in [0.25, 0.3) is 6.08 Å². The molecule has 1 N–H and O–H groups in total. The maximum Gasteiger partial charge on any atom is 0.247 e. The number of amides is 2. The van der Waals surface area contributed by atoms with E-state index in [1.165, 1.54) is 6.08 Å². The second-order valence-corrected chi connectivity index (χ2v) is 4.36. The van der Waals surface area contributed by atoms with Gasteiger partial charge in [-0.1, -0.05) is 29.8 Å². The van der Waals surface area contributed by atoms with E-state index in [1.807, 2.05) is 31.2 Å². The van der Waals surface area contributed by atoms with E-state index in [2.05, 4.69) is 5.32 Å². The van der Waals surface area contributed by atoms with Crippen LogP contribution in [0.1, 0.15) is 11.1 Å². The van der Waals surface area contributed by atoms with Gasteiger partial charge in [0.15, 0.2) is 0 Å². The zero-order valence-corrected chi connectivity index (χ0v) is 10.3. The zero-order valence-electron chi connectivity index (χ0n) is 10.3. The number of nitrogens with zero attached hydrogens (tertiary/aromatic N) is 1. The van der Waals surface area contributed by atoms with Gasteiger partial charge >= 0.3 is 0 Å². The first-order valence-corrected chi connectivity index (χ1v) is 5.95. The summed E-state index contributed by atoms with van der Waals surface area (Å²) >= 11 is 0. The fourth-order valence-electron chi connectivity index (χ4n) is 1.87. The minimum absolute atomic E-state index is 0.0986. The average Bonchev–Trinajstić information content (AvgIpc) is 2.36. The van der Waals surface area contributed by atoms with Gasteiger partial charge in [-0.25, -0.2) is 0 Å². The van der Waals surface area contributed by atoms with Gasteiger partial charge in [-0.2, -0.15) is 0 Å². The van der Waals surface area contributed by atoms with Crippen LogP contribution in [0.5, 0.6) is 0 Å². The standard InChI is InChI=1S/C14H16N2O2/c1-11-3-2-4-12(9-11)5-6-14(18)16-8-7-15-13(17)10-16/h2-6,9H,7-8,10H2,1H3,(H,15,17). The molecule has 1 aliphatic rings. The first-order chi connectivity index (χ1) is 8.65. The number of hydrogen-bond acceptors (Lipinski definition) is 2. The van der Waals surface area contributed by atoms with E-state index in [0.29, 0.717) is 13.1 Å². The molecule has 0 radical (unpaired) electrons. The Labute approximate surface area is 106 Å². The van der Waals surface area contributed by atoms with E-state index < -0.39 is 0 Å². The third-order valence-corrected chi connectivity index (χ3v) is 2.81. The lowest BCUT2D eigenvalue weighted by Gasteiger charge is -2.25. The summed E-state index contributed by atoms with van der Waals surface area (Å²) in [7, 11) is 0. The summed E-state index contributed by atoms with van der Waals surface area (Å²) in [6, 6.07) is 7.91. The molecule has 1 aromatic rings. The van der Waals surface area contributed by atoms with Crippen molar-refractivity contribution in [2.24, 2.45) is 0 Å². The Hall–Kier alpha value is -2.10. The maximum absolute atomic E-state index is 11.9. The van der Waals surface area contributed by atoms with Gasteiger partial charge in [0.2, 0.25) is 11.8 Å². The number of nitrogens with one attached hydrogen (secondary N) is 1. The molecule has 1 fully saturated rings. The fraction of sp³-hybridized carbons (Fsp3) is 0.286. The lowest BCUT2D eigenvalue weighted by molar-refractivity contribution is -0.134. The molecule has 2 rings (SSSR count). The van der Waals surface area contributed by atoms with E-state index in [1.54, 1.807) is 11.0 Å². The van der Waals surface area contributed by atoms with Crippen LogP contribution >= 0.6 is 0 Å². The molecule has 0 atom stereocenters. The van der Waals surface area contributed by atoms with Gasteiger partial charge in [-0.3, -0.25) is 9.59 Å². The largest absolute Gasteiger partial charge is 0.353 e. The van der Waals surface area contributed by atoms with Crippen molar-refractivity contribution in [1.29, 1.82) is 0 Å². The minimum Gasteiger partial charge on any atom is -0.353 e. The second kappa shape index (κ2) is 5.49. The third kappa shape index (κ3) is 3.20. The highest BCUT2D eigenvalue weighted by atomic mass is 16.2. The quantitative estimate of drug-likeness (QED) is 0.788. The minimum atomic E-state index is -0.119. The third-order valence-electron chi connectivity index (χ3n) is 2.81. The van der Waals surface area contributed by atoms with Gasteiger partial charge < -0.3 is 10.2 Å². The molecule has 94 valence electrons. The van der Waals surface area contributed by atoms with Crippen LogP contribution in [-0.2, 0) is 9.59 Å². The van der Waals surface area contributed by atoms with Crippen molar-refractivity contribution in [2.75, 3.05) is 19.6 Å². The predicted molar refractivity (Wildman–Crippen MR) is 69.8 cm³/mol. The van der Waals surface area contributed by atoms with E-state index in [9.17, 15) is 9.59 Å². The number of rotatable bonds is 2. The van der Waals surface area contributed by atoms with E-state index in [0.717, 1.165) is 11.1 Å². The van der Waals surface area contributed by atoms with Crippen LogP contribution in [0.4, 0.5) is 0 Å². The Morgan fingerprint density at radius 3 is 3.00 bits per heavy atom. The van der Waals surface area contributed by atoms with Crippen molar-refractivity contribution in [3.05, 3.63) is 41.5 Å². The Morgan fingerprint density at radius 2 is 2.28 bits per heavy atom. The molecule has 1 aromatic carbocycles. The normalized spacial score (nSPS) is 15.8. The molecule has 1 heterocycles. The van der Waals surface area contributed by atoms with Crippen LogP contribution in [0, 0.1) is 6.92 Å². The number of benzene rings is 1. The van der Waals surface area contributed by atoms with Crippen molar-refractivity contribution < 1.29 is 9.59 Å². The van der Waals surface area contributed by atoms with Crippen LogP contribution in [0.2, 0.25) is 0 Å². The van der Waals surface area contributed by atoms with E-state index in [4.69, 9.17) is 0 Å². The van der Waals surface area contributed by atoms with Crippen LogP contribution in [0.15, 0.2) is 30.3 Å². The summed E-state index contributed by atoms with van der Waals surface area (Å²) in [5, 5.41) is 2.69. The first kappa shape index (κ1) is 12.4. The highest BCUT2D eigenvalue weighted by molar-refractivity contribution is 5.94. The Kier molecular flexibility index (Phi) is 3.77. The maximum atomic E-state index is 11.9. The summed E-state index contributed by atoms with van der Waals surface area (Å²) in [6.45, 7) is 3.26. The highest BCUT2D eigenvalue weighted by Crippen LogP contribution is 2.06. The van der Waals surface area contributed by atoms with Crippen LogP contribution in [-0.4, -0.2) is 36.3 Å². The van der Waals surface area contributed by atoms with Crippen LogP contribution in [0.3, 0.4) is 0 Å². The molecule has 4 nitrogen and oxygen atoms in total. The Morgan fingerprint density at radius 1 is 1.44 bits per heavy atom. The smallest absolute Gasteiger partial charge is 0.247 e. The second-order valence-electron chi connectivity index (χ2n) is 4.36. The van der Waals surface area contributed by atoms with Gasteiger partial charge in [-0.05, 0) is 18.6 Å². The van der Waals surface area contributed by atoms with Gasteiger partial charge in [-0.15, -0.1) is 0 Å². The van der Waals surface area contributed by atoms with Gasteiger partial charge in [0, 0.05) is 19.2 Å². The molecule has 0 saturated carbocycles. The highest BCUT2D eigenvalue weighted by Gasteiger charge is 2.18. The van der Waals surface area contributed by atoms with Crippen molar-refractivity contribution in [3.63, 3.8) is 0 Å². The van der Waals surface area contributed by atoms with Gasteiger partial charge in [0.1, 0.15) is 0 Å². The molecule has 0 aliphatic carbocycles. The van der Waals surface area contributed by atoms with Gasteiger partial charge in [0.25, 0.3) is 0 Å². The predicted octanol–water partition coefficient (Wildman–Crippen LogP) is 0.967. The molecule has 0 bridgehead atoms. The molecule has 0 aromatic heterocycles. The van der Waals surface area contributed by atoms with Crippen molar-refractivity contribution >= 4 is 17.9 Å². The zero-order chi connectivity index (χ0) is 13.0. The summed E-state index contributed by atoms with van der Waals surface area (Å²) < 4.78 is 0. The molecular formula is C14H16N2O2. The first-order valence-electron chi connectivity index (χ1n) is 5.95. The molecule has 4 heteroatoms. The van der Waals surface area contributed by atoms with Crippen molar-refractivity contribution in [1.82, 2.24) is 10.2 Å². The summed E-state index contributed by atoms with van der Waals surface area (Å²) in [5.74, 6) is -0.218. The van der Waals surface area contributed by atoms with E-state index in [-0.39, 0.29) is 18.4 Å². The summed E-state index contributed by atoms with van der Waals surface area (Å²) in [6.07, 6.45) is 3.30. The number of hydrogen-bond donors (Lipinski definition) is 1. The number of piperazine rings is 1. The number of carbonyl (C=O) groups is 2. The monoisotopic (exact) mass is 244 g/mol. The average molecular weight is 244 g/mol. The molecule has 0 unspecified atom stereocenters. The topological polar surface area (TPSA) is 49.4 Å². The summed E-state index contributed by atoms with van der Waals surface area (Å²) in [4.78, 5) is 24.6. The Bertz CT molecular complexity index is 494. The SMILES string of the molecule is Cc1cccc(C=CC(=O)N2CCNC(=O)C2)c1. The van der Waals surface area contributed by atoms with Gasteiger partial charge in [0.05, 0.1) is 6.54 Å². The summed E-state index contributed by atoms with van der Waals surface area (Å²) in [5.41, 5.74) is 2.15. The number of aryl methyl sites for hydroxylation is 1.